The summed E-state index contributed by atoms with van der Waals surface area (Å²) in [6.07, 6.45) is 0.702. The number of carbonyl (C=O) groups is 1. The van der Waals surface area contributed by atoms with Crippen LogP contribution in [0, 0.1) is 5.92 Å². The zero-order chi connectivity index (χ0) is 13.3. The first kappa shape index (κ1) is 13.6. The molecule has 0 aliphatic carbocycles. The van der Waals surface area contributed by atoms with E-state index in [9.17, 15) is 4.79 Å². The van der Waals surface area contributed by atoms with Gasteiger partial charge in [0.05, 0.1) is 12.6 Å². The first-order valence-electron chi connectivity index (χ1n) is 6.71. The molecule has 1 amide bonds. The van der Waals surface area contributed by atoms with Crippen molar-refractivity contribution >= 4 is 6.09 Å². The van der Waals surface area contributed by atoms with Gasteiger partial charge in [0.1, 0.15) is 11.8 Å². The molecule has 5 nitrogen and oxygen atoms in total. The van der Waals surface area contributed by atoms with E-state index in [0.717, 1.165) is 26.1 Å². The van der Waals surface area contributed by atoms with Gasteiger partial charge in [-0.25, -0.2) is 4.79 Å². The van der Waals surface area contributed by atoms with Crippen LogP contribution in [0.1, 0.15) is 34.1 Å². The molecule has 1 N–H and O–H groups in total. The van der Waals surface area contributed by atoms with Crippen molar-refractivity contribution in [1.82, 2.24) is 10.2 Å². The van der Waals surface area contributed by atoms with Gasteiger partial charge in [0.25, 0.3) is 0 Å². The highest BCUT2D eigenvalue weighted by Crippen LogP contribution is 2.28. The molecule has 5 heteroatoms. The van der Waals surface area contributed by atoms with Crippen LogP contribution in [0.25, 0.3) is 0 Å². The van der Waals surface area contributed by atoms with E-state index in [1.807, 2.05) is 25.7 Å². The molecule has 0 aromatic rings. The van der Waals surface area contributed by atoms with Gasteiger partial charge in [0.2, 0.25) is 0 Å². The molecule has 2 heterocycles. The van der Waals surface area contributed by atoms with E-state index in [4.69, 9.17) is 9.47 Å². The highest BCUT2D eigenvalue weighted by molar-refractivity contribution is 5.69. The van der Waals surface area contributed by atoms with Gasteiger partial charge < -0.3 is 14.4 Å². The Bertz CT molecular complexity index is 308. The van der Waals surface area contributed by atoms with Gasteiger partial charge in [0.15, 0.2) is 0 Å². The van der Waals surface area contributed by atoms with Crippen LogP contribution >= 0.6 is 0 Å². The first-order chi connectivity index (χ1) is 8.37. The summed E-state index contributed by atoms with van der Waals surface area (Å²) in [5.74, 6) is 0.494. The molecule has 0 aromatic carbocycles. The molecule has 2 fully saturated rings. The van der Waals surface area contributed by atoms with Gasteiger partial charge in [-0.15, -0.1) is 0 Å². The van der Waals surface area contributed by atoms with Crippen molar-refractivity contribution in [2.45, 2.75) is 52.0 Å². The number of ether oxygens (including phenoxy) is 2. The lowest BCUT2D eigenvalue weighted by atomic mass is 10.1. The molecular weight excluding hydrogens is 232 g/mol. The van der Waals surface area contributed by atoms with E-state index in [1.165, 1.54) is 0 Å². The van der Waals surface area contributed by atoms with Crippen LogP contribution in [0.5, 0.6) is 0 Å². The highest BCUT2D eigenvalue weighted by atomic mass is 16.6. The lowest BCUT2D eigenvalue weighted by Crippen LogP contribution is -2.48. The molecule has 0 aromatic heterocycles. The second-order valence-electron chi connectivity index (χ2n) is 6.29. The van der Waals surface area contributed by atoms with E-state index in [2.05, 4.69) is 12.2 Å². The number of nitrogens with one attached hydrogen (secondary N) is 1. The van der Waals surface area contributed by atoms with Crippen molar-refractivity contribution in [2.75, 3.05) is 19.7 Å². The summed E-state index contributed by atoms with van der Waals surface area (Å²) in [6, 6.07) is 0.0948. The minimum atomic E-state index is -0.447. The fourth-order valence-electron chi connectivity index (χ4n) is 2.60. The maximum atomic E-state index is 12.2. The lowest BCUT2D eigenvalue weighted by Gasteiger charge is -2.31. The zero-order valence-corrected chi connectivity index (χ0v) is 11.7. The fraction of sp³-hybridized carbons (Fsp3) is 0.923. The number of carbonyl (C=O) groups excluding carboxylic acids is 1. The van der Waals surface area contributed by atoms with E-state index in [-0.39, 0.29) is 18.4 Å². The molecule has 0 radical (unpaired) electrons. The third kappa shape index (κ3) is 3.14. The van der Waals surface area contributed by atoms with Crippen LogP contribution in [0.4, 0.5) is 4.79 Å². The van der Waals surface area contributed by atoms with Crippen LogP contribution < -0.4 is 5.32 Å². The standard InChI is InChI=1S/C13H24N2O3/c1-9-7-10(11-14-5-6-17-11)15(8-9)12(16)18-13(2,3)4/h9-11,14H,5-8H2,1-4H3/t9?,10-,11?/m0/s1. The third-order valence-corrected chi connectivity index (χ3v) is 3.28. The Morgan fingerprint density at radius 2 is 2.17 bits per heavy atom. The summed E-state index contributed by atoms with van der Waals surface area (Å²) in [5, 5.41) is 3.30. The Morgan fingerprint density at radius 1 is 1.44 bits per heavy atom. The largest absolute Gasteiger partial charge is 0.444 e. The van der Waals surface area contributed by atoms with E-state index in [1.54, 1.807) is 0 Å². The molecule has 0 bridgehead atoms. The van der Waals surface area contributed by atoms with Gasteiger partial charge in [-0.05, 0) is 33.1 Å². The summed E-state index contributed by atoms with van der Waals surface area (Å²) in [6.45, 7) is 10.2. The number of nitrogens with zero attached hydrogens (tertiary/aromatic N) is 1. The predicted molar refractivity (Wildman–Crippen MR) is 68.3 cm³/mol. The van der Waals surface area contributed by atoms with Crippen molar-refractivity contribution in [2.24, 2.45) is 5.92 Å². The second kappa shape index (κ2) is 5.05. The highest BCUT2D eigenvalue weighted by Gasteiger charge is 2.41. The summed E-state index contributed by atoms with van der Waals surface area (Å²) >= 11 is 0. The Kier molecular flexibility index (Phi) is 3.82. The zero-order valence-electron chi connectivity index (χ0n) is 11.7. The molecule has 0 spiro atoms. The maximum Gasteiger partial charge on any atom is 0.410 e. The number of hydrogen-bond acceptors (Lipinski definition) is 4. The molecule has 2 unspecified atom stereocenters. The molecular formula is C13H24N2O3. The summed E-state index contributed by atoms with van der Waals surface area (Å²) < 4.78 is 11.1. The Hall–Kier alpha value is -0.810. The Morgan fingerprint density at radius 3 is 2.72 bits per heavy atom. The molecule has 3 atom stereocenters. The number of amides is 1. The normalized spacial score (nSPS) is 32.9. The number of rotatable bonds is 1. The van der Waals surface area contributed by atoms with Crippen molar-refractivity contribution < 1.29 is 14.3 Å². The topological polar surface area (TPSA) is 50.8 Å². The SMILES string of the molecule is CC1C[C@@H](C2NCCO2)N(C(=O)OC(C)(C)C)C1. The van der Waals surface area contributed by atoms with Crippen LogP contribution in [0.3, 0.4) is 0 Å². The van der Waals surface area contributed by atoms with Crippen molar-refractivity contribution in [3.8, 4) is 0 Å². The third-order valence-electron chi connectivity index (χ3n) is 3.28. The predicted octanol–water partition coefficient (Wildman–Crippen LogP) is 1.58. The van der Waals surface area contributed by atoms with Gasteiger partial charge >= 0.3 is 6.09 Å². The van der Waals surface area contributed by atoms with Gasteiger partial charge in [0, 0.05) is 13.1 Å². The second-order valence-corrected chi connectivity index (χ2v) is 6.29. The fourth-order valence-corrected chi connectivity index (χ4v) is 2.60. The van der Waals surface area contributed by atoms with E-state index >= 15 is 0 Å². The minimum Gasteiger partial charge on any atom is -0.444 e. The average Bonchev–Trinajstić information content (AvgIpc) is 2.82. The lowest BCUT2D eigenvalue weighted by molar-refractivity contribution is -0.00503. The van der Waals surface area contributed by atoms with Gasteiger partial charge in [-0.2, -0.15) is 0 Å². The smallest absolute Gasteiger partial charge is 0.410 e. The summed E-state index contributed by atoms with van der Waals surface area (Å²) in [5.41, 5.74) is -0.447. The molecule has 2 aliphatic heterocycles. The molecule has 2 rings (SSSR count). The van der Waals surface area contributed by atoms with Crippen molar-refractivity contribution in [3.05, 3.63) is 0 Å². The molecule has 2 aliphatic rings. The number of likely N-dealkylation sites (tertiary alicyclic amines) is 1. The summed E-state index contributed by atoms with van der Waals surface area (Å²) in [4.78, 5) is 14.0. The quantitative estimate of drug-likeness (QED) is 0.774. The average molecular weight is 256 g/mol. The van der Waals surface area contributed by atoms with Crippen molar-refractivity contribution in [1.29, 1.82) is 0 Å². The molecule has 2 saturated heterocycles. The Labute approximate surface area is 109 Å². The summed E-state index contributed by atoms with van der Waals surface area (Å²) in [7, 11) is 0. The molecule has 0 saturated carbocycles. The Balaban J connectivity index is 2.02. The van der Waals surface area contributed by atoms with E-state index in [0.29, 0.717) is 5.92 Å². The van der Waals surface area contributed by atoms with Gasteiger partial charge in [-0.3, -0.25) is 5.32 Å². The van der Waals surface area contributed by atoms with E-state index < -0.39 is 5.60 Å². The molecule has 18 heavy (non-hydrogen) atoms. The monoisotopic (exact) mass is 256 g/mol. The maximum absolute atomic E-state index is 12.2. The van der Waals surface area contributed by atoms with Crippen LogP contribution in [0.2, 0.25) is 0 Å². The van der Waals surface area contributed by atoms with Crippen molar-refractivity contribution in [3.63, 3.8) is 0 Å². The van der Waals surface area contributed by atoms with Crippen LogP contribution in [0.15, 0.2) is 0 Å². The van der Waals surface area contributed by atoms with Crippen LogP contribution in [-0.4, -0.2) is 48.6 Å². The molecule has 104 valence electrons. The first-order valence-corrected chi connectivity index (χ1v) is 6.71. The number of hydrogen-bond donors (Lipinski definition) is 1. The van der Waals surface area contributed by atoms with Crippen LogP contribution in [-0.2, 0) is 9.47 Å². The van der Waals surface area contributed by atoms with Gasteiger partial charge in [-0.1, -0.05) is 6.92 Å². The minimum absolute atomic E-state index is 0.0394.